The van der Waals surface area contributed by atoms with Crippen molar-refractivity contribution in [3.05, 3.63) is 78.1 Å². The molecule has 0 bridgehead atoms. The van der Waals surface area contributed by atoms with Crippen molar-refractivity contribution in [3.63, 3.8) is 0 Å². The Labute approximate surface area is 145 Å². The average molecular weight is 331 g/mol. The van der Waals surface area contributed by atoms with Gasteiger partial charge in [-0.15, -0.1) is 0 Å². The molecule has 0 radical (unpaired) electrons. The molecule has 0 saturated heterocycles. The van der Waals surface area contributed by atoms with E-state index >= 15 is 0 Å². The summed E-state index contributed by atoms with van der Waals surface area (Å²) in [5, 5.41) is 2.31. The summed E-state index contributed by atoms with van der Waals surface area (Å²) >= 11 is 1.75. The van der Waals surface area contributed by atoms with E-state index in [1.54, 1.807) is 24.2 Å². The lowest BCUT2D eigenvalue weighted by molar-refractivity contribution is 0.886. The third kappa shape index (κ3) is 2.69. The minimum Gasteiger partial charge on any atom is -0.272 e. The minimum atomic E-state index is 0.700. The average Bonchev–Trinajstić information content (AvgIpc) is 2.96. The maximum absolute atomic E-state index is 4.45. The van der Waals surface area contributed by atoms with Gasteiger partial charge in [0.15, 0.2) is 0 Å². The van der Waals surface area contributed by atoms with E-state index < -0.39 is 0 Å². The van der Waals surface area contributed by atoms with Gasteiger partial charge in [-0.1, -0.05) is 47.7 Å². The van der Waals surface area contributed by atoms with E-state index in [1.807, 2.05) is 12.1 Å². The van der Waals surface area contributed by atoms with Gasteiger partial charge in [-0.05, 0) is 43.7 Å². The fraction of sp³-hybridized carbons (Fsp3) is 0.100. The molecule has 0 unspecified atom stereocenters. The lowest BCUT2D eigenvalue weighted by atomic mass is 10.2. The Morgan fingerprint density at radius 3 is 2.46 bits per heavy atom. The second kappa shape index (κ2) is 6.13. The number of para-hydroxylation sites is 1. The molecule has 3 nitrogen and oxygen atoms in total. The molecule has 0 saturated carbocycles. The molecule has 0 spiro atoms. The van der Waals surface area contributed by atoms with Crippen molar-refractivity contribution >= 4 is 22.7 Å². The molecule has 0 N–H and O–H groups in total. The molecule has 0 aliphatic heterocycles. The van der Waals surface area contributed by atoms with Gasteiger partial charge in [0.1, 0.15) is 0 Å². The van der Waals surface area contributed by atoms with E-state index in [-0.39, 0.29) is 0 Å². The summed E-state index contributed by atoms with van der Waals surface area (Å²) in [5.41, 5.74) is 3.69. The fourth-order valence-corrected chi connectivity index (χ4v) is 3.88. The number of hydrogen-bond donors (Lipinski definition) is 0. The molecule has 2 heterocycles. The number of fused-ring (bicyclic) bond motifs is 1. The Bertz CT molecular complexity index is 1010. The molecule has 2 aromatic carbocycles. The van der Waals surface area contributed by atoms with Crippen molar-refractivity contribution in [2.75, 3.05) is 0 Å². The zero-order chi connectivity index (χ0) is 16.5. The smallest absolute Gasteiger partial charge is 0.234 e. The number of hydrogen-bond acceptors (Lipinski definition) is 3. The molecule has 0 aliphatic carbocycles. The second-order valence-corrected chi connectivity index (χ2v) is 6.86. The zero-order valence-electron chi connectivity index (χ0n) is 13.6. The summed E-state index contributed by atoms with van der Waals surface area (Å²) in [5.74, 6) is 0.700. The van der Waals surface area contributed by atoms with Gasteiger partial charge in [-0.2, -0.15) is 0 Å². The van der Waals surface area contributed by atoms with Gasteiger partial charge in [-0.25, -0.2) is 9.97 Å². The van der Waals surface area contributed by atoms with Crippen LogP contribution in [0.2, 0.25) is 0 Å². The number of benzene rings is 2. The predicted octanol–water partition coefficient (Wildman–Crippen LogP) is 5.19. The minimum absolute atomic E-state index is 0.700. The Hall–Kier alpha value is -2.59. The first-order valence-electron chi connectivity index (χ1n) is 7.85. The first-order valence-corrected chi connectivity index (χ1v) is 8.67. The van der Waals surface area contributed by atoms with Crippen molar-refractivity contribution in [1.29, 1.82) is 0 Å². The highest BCUT2D eigenvalue weighted by Crippen LogP contribution is 2.35. The molecule has 0 aliphatic rings. The number of aryl methyl sites for hydroxylation is 2. The highest BCUT2D eigenvalue weighted by molar-refractivity contribution is 7.99. The predicted molar refractivity (Wildman–Crippen MR) is 98.9 cm³/mol. The normalized spacial score (nSPS) is 11.1. The molecular weight excluding hydrogens is 314 g/mol. The molecule has 118 valence electrons. The van der Waals surface area contributed by atoms with E-state index in [4.69, 9.17) is 0 Å². The van der Waals surface area contributed by atoms with Crippen LogP contribution in [0.1, 0.15) is 11.1 Å². The molecule has 2 aromatic heterocycles. The summed E-state index contributed by atoms with van der Waals surface area (Å²) in [6, 6.07) is 18.9. The van der Waals surface area contributed by atoms with Gasteiger partial charge in [0.2, 0.25) is 5.95 Å². The second-order valence-electron chi connectivity index (χ2n) is 5.80. The molecule has 4 rings (SSSR count). The first kappa shape index (κ1) is 15.0. The van der Waals surface area contributed by atoms with Crippen LogP contribution >= 0.6 is 11.8 Å². The number of aromatic nitrogens is 3. The van der Waals surface area contributed by atoms with Crippen LogP contribution < -0.4 is 0 Å². The van der Waals surface area contributed by atoms with Crippen LogP contribution in [0.3, 0.4) is 0 Å². The summed E-state index contributed by atoms with van der Waals surface area (Å²) in [7, 11) is 0. The molecular formula is C20H17N3S. The maximum atomic E-state index is 4.45. The van der Waals surface area contributed by atoms with Gasteiger partial charge in [-0.3, -0.25) is 4.57 Å². The standard InChI is InChI=1S/C20H17N3S/c1-14-8-9-18(15(2)12-14)24-19-13-16-6-3-4-7-17(16)23(19)20-21-10-5-11-22-20/h3-13H,1-2H3. The highest BCUT2D eigenvalue weighted by atomic mass is 32.2. The van der Waals surface area contributed by atoms with Gasteiger partial charge in [0, 0.05) is 22.7 Å². The third-order valence-corrected chi connectivity index (χ3v) is 5.16. The van der Waals surface area contributed by atoms with E-state index in [2.05, 4.69) is 70.8 Å². The van der Waals surface area contributed by atoms with Crippen molar-refractivity contribution in [1.82, 2.24) is 14.5 Å². The lowest BCUT2D eigenvalue weighted by Crippen LogP contribution is -2.01. The van der Waals surface area contributed by atoms with Crippen molar-refractivity contribution in [2.24, 2.45) is 0 Å². The van der Waals surface area contributed by atoms with Crippen molar-refractivity contribution < 1.29 is 0 Å². The van der Waals surface area contributed by atoms with Crippen LogP contribution in [0.5, 0.6) is 0 Å². The molecule has 4 aromatic rings. The van der Waals surface area contributed by atoms with E-state index in [0.29, 0.717) is 5.95 Å². The van der Waals surface area contributed by atoms with Gasteiger partial charge < -0.3 is 0 Å². The highest BCUT2D eigenvalue weighted by Gasteiger charge is 2.14. The van der Waals surface area contributed by atoms with E-state index in [0.717, 1.165) is 10.5 Å². The third-order valence-electron chi connectivity index (χ3n) is 3.97. The lowest BCUT2D eigenvalue weighted by Gasteiger charge is -2.10. The Morgan fingerprint density at radius 2 is 1.67 bits per heavy atom. The van der Waals surface area contributed by atoms with Crippen molar-refractivity contribution in [3.8, 4) is 5.95 Å². The molecule has 4 heteroatoms. The summed E-state index contributed by atoms with van der Waals surface area (Å²) < 4.78 is 2.12. The van der Waals surface area contributed by atoms with Crippen LogP contribution in [0, 0.1) is 13.8 Å². The van der Waals surface area contributed by atoms with E-state index in [9.17, 15) is 0 Å². The summed E-state index contributed by atoms with van der Waals surface area (Å²) in [6.45, 7) is 4.28. The van der Waals surface area contributed by atoms with Crippen LogP contribution in [0.25, 0.3) is 16.9 Å². The topological polar surface area (TPSA) is 30.7 Å². The van der Waals surface area contributed by atoms with Crippen LogP contribution in [0.4, 0.5) is 0 Å². The van der Waals surface area contributed by atoms with Gasteiger partial charge in [0.05, 0.1) is 10.5 Å². The SMILES string of the molecule is Cc1ccc(Sc2cc3ccccc3n2-c2ncccn2)c(C)c1. The Morgan fingerprint density at radius 1 is 0.875 bits per heavy atom. The molecule has 24 heavy (non-hydrogen) atoms. The van der Waals surface area contributed by atoms with Crippen LogP contribution in [-0.2, 0) is 0 Å². The number of nitrogens with zero attached hydrogens (tertiary/aromatic N) is 3. The Kier molecular flexibility index (Phi) is 3.82. The van der Waals surface area contributed by atoms with Crippen LogP contribution in [0.15, 0.2) is 76.9 Å². The largest absolute Gasteiger partial charge is 0.272 e. The van der Waals surface area contributed by atoms with Gasteiger partial charge in [0.25, 0.3) is 0 Å². The van der Waals surface area contributed by atoms with Gasteiger partial charge >= 0.3 is 0 Å². The molecule has 0 fully saturated rings. The number of rotatable bonds is 3. The zero-order valence-corrected chi connectivity index (χ0v) is 14.4. The summed E-state index contributed by atoms with van der Waals surface area (Å²) in [6.07, 6.45) is 3.56. The monoisotopic (exact) mass is 331 g/mol. The summed E-state index contributed by atoms with van der Waals surface area (Å²) in [4.78, 5) is 10.1. The van der Waals surface area contributed by atoms with Crippen LogP contribution in [-0.4, -0.2) is 14.5 Å². The molecule has 0 amide bonds. The molecule has 0 atom stereocenters. The quantitative estimate of drug-likeness (QED) is 0.518. The first-order chi connectivity index (χ1) is 11.7. The Balaban J connectivity index is 1.89. The fourth-order valence-electron chi connectivity index (χ4n) is 2.84. The van der Waals surface area contributed by atoms with Crippen molar-refractivity contribution in [2.45, 2.75) is 23.8 Å². The van der Waals surface area contributed by atoms with E-state index in [1.165, 1.54) is 21.4 Å². The maximum Gasteiger partial charge on any atom is 0.234 e.